The first-order chi connectivity index (χ1) is 15.0. The molecule has 0 unspecified atom stereocenters. The van der Waals surface area contributed by atoms with E-state index in [-0.39, 0.29) is 18.4 Å². The zero-order valence-corrected chi connectivity index (χ0v) is 18.0. The zero-order valence-electron chi connectivity index (χ0n) is 17.3. The molecule has 3 rings (SSSR count). The summed E-state index contributed by atoms with van der Waals surface area (Å²) in [6, 6.07) is 14.5. The fourth-order valence-electron chi connectivity index (χ4n) is 3.34. The van der Waals surface area contributed by atoms with Crippen LogP contribution in [0.1, 0.15) is 16.2 Å². The maximum absolute atomic E-state index is 12.9. The topological polar surface area (TPSA) is 67.2 Å². The van der Waals surface area contributed by atoms with Gasteiger partial charge >= 0.3 is 0 Å². The Morgan fingerprint density at radius 1 is 1.10 bits per heavy atom. The third kappa shape index (κ3) is 5.61. The Bertz CT molecular complexity index is 1100. The number of halogens is 1. The van der Waals surface area contributed by atoms with Crippen LogP contribution in [0.15, 0.2) is 73.8 Å². The molecule has 0 radical (unpaired) electrons. The lowest BCUT2D eigenvalue weighted by atomic mass is 10.2. The van der Waals surface area contributed by atoms with E-state index in [4.69, 9.17) is 11.6 Å². The maximum Gasteiger partial charge on any atom is 0.251 e. The molecule has 0 bridgehead atoms. The molecular formula is C24H25ClN4O2. The number of carbonyl (C=O) groups excluding carboxylic acids is 2. The summed E-state index contributed by atoms with van der Waals surface area (Å²) in [5.41, 5.74) is 2.19. The van der Waals surface area contributed by atoms with Crippen LogP contribution in [-0.4, -0.2) is 45.9 Å². The Balaban J connectivity index is 1.75. The van der Waals surface area contributed by atoms with E-state index < -0.39 is 0 Å². The van der Waals surface area contributed by atoms with E-state index in [2.05, 4.69) is 23.5 Å². The highest BCUT2D eigenvalue weighted by molar-refractivity contribution is 6.30. The van der Waals surface area contributed by atoms with Gasteiger partial charge in [-0.3, -0.25) is 9.59 Å². The van der Waals surface area contributed by atoms with Crippen molar-refractivity contribution in [1.82, 2.24) is 19.8 Å². The third-order valence-corrected chi connectivity index (χ3v) is 5.03. The van der Waals surface area contributed by atoms with E-state index in [1.807, 2.05) is 28.8 Å². The standard InChI is InChI=1S/C24H25ClN4O2/c1-3-14-28(15-4-2)23(30)17-29-21-11-6-5-10-20(21)27-22(29)12-13-26-24(31)18-8-7-9-19(25)16-18/h3-11,16H,1-2,12-15,17H2,(H,26,31). The average Bonchev–Trinajstić information content (AvgIpc) is 3.10. The molecule has 31 heavy (non-hydrogen) atoms. The smallest absolute Gasteiger partial charge is 0.251 e. The van der Waals surface area contributed by atoms with Gasteiger partial charge in [-0.2, -0.15) is 0 Å². The van der Waals surface area contributed by atoms with Crippen LogP contribution in [0.2, 0.25) is 5.02 Å². The monoisotopic (exact) mass is 436 g/mol. The molecule has 2 aromatic carbocycles. The minimum absolute atomic E-state index is 0.0489. The largest absolute Gasteiger partial charge is 0.352 e. The Labute approximate surface area is 186 Å². The summed E-state index contributed by atoms with van der Waals surface area (Å²) < 4.78 is 1.91. The molecule has 6 nitrogen and oxygen atoms in total. The normalized spacial score (nSPS) is 10.6. The summed E-state index contributed by atoms with van der Waals surface area (Å²) in [6.07, 6.45) is 3.87. The molecule has 1 aromatic heterocycles. The van der Waals surface area contributed by atoms with Crippen LogP contribution in [0.4, 0.5) is 0 Å². The predicted octanol–water partition coefficient (Wildman–Crippen LogP) is 3.86. The summed E-state index contributed by atoms with van der Waals surface area (Å²) in [5, 5.41) is 3.40. The van der Waals surface area contributed by atoms with Gasteiger partial charge in [0.2, 0.25) is 5.91 Å². The Morgan fingerprint density at radius 2 is 1.84 bits per heavy atom. The van der Waals surface area contributed by atoms with Gasteiger partial charge in [-0.05, 0) is 30.3 Å². The van der Waals surface area contributed by atoms with E-state index >= 15 is 0 Å². The second kappa shape index (κ2) is 10.6. The van der Waals surface area contributed by atoms with Gasteiger partial charge in [0.1, 0.15) is 12.4 Å². The minimum atomic E-state index is -0.204. The lowest BCUT2D eigenvalue weighted by molar-refractivity contribution is -0.130. The van der Waals surface area contributed by atoms with Gasteiger partial charge in [0.15, 0.2) is 0 Å². The summed E-state index contributed by atoms with van der Waals surface area (Å²) in [6.45, 7) is 8.87. The van der Waals surface area contributed by atoms with Gasteiger partial charge in [0, 0.05) is 36.6 Å². The fraction of sp³-hybridized carbons (Fsp3) is 0.208. The molecule has 3 aromatic rings. The van der Waals surface area contributed by atoms with Gasteiger partial charge in [0.25, 0.3) is 5.91 Å². The molecule has 0 aliphatic rings. The van der Waals surface area contributed by atoms with Gasteiger partial charge in [-0.25, -0.2) is 4.98 Å². The van der Waals surface area contributed by atoms with E-state index in [1.54, 1.807) is 41.3 Å². The van der Waals surface area contributed by atoms with Crippen LogP contribution >= 0.6 is 11.6 Å². The van der Waals surface area contributed by atoms with Crippen molar-refractivity contribution in [3.8, 4) is 0 Å². The van der Waals surface area contributed by atoms with Crippen LogP contribution in [0.3, 0.4) is 0 Å². The van der Waals surface area contributed by atoms with E-state index in [0.29, 0.717) is 36.6 Å². The molecule has 1 N–H and O–H groups in total. The van der Waals surface area contributed by atoms with Crippen LogP contribution in [0.5, 0.6) is 0 Å². The number of aromatic nitrogens is 2. The SMILES string of the molecule is C=CCN(CC=C)C(=O)Cn1c(CCNC(=O)c2cccc(Cl)c2)nc2ccccc21. The molecule has 0 saturated heterocycles. The van der Waals surface area contributed by atoms with Crippen molar-refractivity contribution >= 4 is 34.4 Å². The molecule has 0 saturated carbocycles. The minimum Gasteiger partial charge on any atom is -0.352 e. The fourth-order valence-corrected chi connectivity index (χ4v) is 3.53. The summed E-state index contributed by atoms with van der Waals surface area (Å²) >= 11 is 5.96. The summed E-state index contributed by atoms with van der Waals surface area (Å²) in [4.78, 5) is 31.6. The second-order valence-electron chi connectivity index (χ2n) is 7.00. The van der Waals surface area contributed by atoms with Crippen LogP contribution in [0.25, 0.3) is 11.0 Å². The lowest BCUT2D eigenvalue weighted by Crippen LogP contribution is -2.34. The average molecular weight is 437 g/mol. The highest BCUT2D eigenvalue weighted by Gasteiger charge is 2.17. The predicted molar refractivity (Wildman–Crippen MR) is 124 cm³/mol. The third-order valence-electron chi connectivity index (χ3n) is 4.80. The van der Waals surface area contributed by atoms with Gasteiger partial charge in [-0.15, -0.1) is 13.2 Å². The van der Waals surface area contributed by atoms with Crippen molar-refractivity contribution in [2.45, 2.75) is 13.0 Å². The first-order valence-electron chi connectivity index (χ1n) is 10.0. The molecule has 0 aliphatic heterocycles. The van der Waals surface area contributed by atoms with Crippen LogP contribution in [-0.2, 0) is 17.8 Å². The molecule has 0 spiro atoms. The highest BCUT2D eigenvalue weighted by Crippen LogP contribution is 2.17. The van der Waals surface area contributed by atoms with Gasteiger partial charge < -0.3 is 14.8 Å². The number of benzene rings is 2. The van der Waals surface area contributed by atoms with E-state index in [0.717, 1.165) is 16.9 Å². The zero-order chi connectivity index (χ0) is 22.2. The number of imidazole rings is 1. The number of hydrogen-bond donors (Lipinski definition) is 1. The molecular weight excluding hydrogens is 412 g/mol. The molecule has 0 atom stereocenters. The number of nitrogens with zero attached hydrogens (tertiary/aromatic N) is 3. The molecule has 0 fully saturated rings. The number of amides is 2. The summed E-state index contributed by atoms with van der Waals surface area (Å²) in [5.74, 6) is 0.481. The highest BCUT2D eigenvalue weighted by atomic mass is 35.5. The molecule has 7 heteroatoms. The van der Waals surface area contributed by atoms with Crippen molar-refractivity contribution in [3.05, 3.63) is 90.3 Å². The first-order valence-corrected chi connectivity index (χ1v) is 10.4. The van der Waals surface area contributed by atoms with Crippen molar-refractivity contribution in [3.63, 3.8) is 0 Å². The molecule has 0 aliphatic carbocycles. The lowest BCUT2D eigenvalue weighted by Gasteiger charge is -2.20. The number of nitrogens with one attached hydrogen (secondary N) is 1. The van der Waals surface area contributed by atoms with E-state index in [9.17, 15) is 9.59 Å². The quantitative estimate of drug-likeness (QED) is 0.491. The van der Waals surface area contributed by atoms with E-state index in [1.165, 1.54) is 0 Å². The Kier molecular flexibility index (Phi) is 7.62. The van der Waals surface area contributed by atoms with Gasteiger partial charge in [-0.1, -0.05) is 42.0 Å². The maximum atomic E-state index is 12.9. The Morgan fingerprint density at radius 3 is 2.55 bits per heavy atom. The van der Waals surface area contributed by atoms with Crippen LogP contribution < -0.4 is 5.32 Å². The van der Waals surface area contributed by atoms with Gasteiger partial charge in [0.05, 0.1) is 11.0 Å². The van der Waals surface area contributed by atoms with Crippen molar-refractivity contribution in [2.24, 2.45) is 0 Å². The molecule has 1 heterocycles. The van der Waals surface area contributed by atoms with Crippen molar-refractivity contribution < 1.29 is 9.59 Å². The second-order valence-corrected chi connectivity index (χ2v) is 7.43. The molecule has 2 amide bonds. The number of rotatable bonds is 10. The van der Waals surface area contributed by atoms with Crippen LogP contribution in [0, 0.1) is 0 Å². The Hall–Kier alpha value is -3.38. The number of hydrogen-bond acceptors (Lipinski definition) is 3. The number of fused-ring (bicyclic) bond motifs is 1. The number of carbonyl (C=O) groups is 2. The molecule has 160 valence electrons. The van der Waals surface area contributed by atoms with Crippen molar-refractivity contribution in [1.29, 1.82) is 0 Å². The van der Waals surface area contributed by atoms with Crippen molar-refractivity contribution in [2.75, 3.05) is 19.6 Å². The summed E-state index contributed by atoms with van der Waals surface area (Å²) in [7, 11) is 0. The number of para-hydroxylation sites is 2. The first kappa shape index (κ1) is 22.3.